The molecule has 8 heteroatoms. The number of nitrogens with zero attached hydrogens (tertiary/aromatic N) is 3. The van der Waals surface area contributed by atoms with Gasteiger partial charge in [-0.2, -0.15) is 0 Å². The van der Waals surface area contributed by atoms with Gasteiger partial charge in [0.15, 0.2) is 11.0 Å². The molecule has 1 aliphatic carbocycles. The Bertz CT molecular complexity index is 966. The van der Waals surface area contributed by atoms with Crippen LogP contribution in [-0.4, -0.2) is 39.6 Å². The third-order valence-corrected chi connectivity index (χ3v) is 5.96. The van der Waals surface area contributed by atoms with Gasteiger partial charge in [0.2, 0.25) is 5.91 Å². The lowest BCUT2D eigenvalue weighted by atomic mass is 10.2. The minimum absolute atomic E-state index is 0.0184. The third kappa shape index (κ3) is 4.82. The Hall–Kier alpha value is -2.74. The molecule has 1 aliphatic rings. The summed E-state index contributed by atoms with van der Waals surface area (Å²) in [4.78, 5) is 12.3. The van der Waals surface area contributed by atoms with Gasteiger partial charge in [-0.1, -0.05) is 23.9 Å². The van der Waals surface area contributed by atoms with E-state index in [0.29, 0.717) is 29.2 Å². The van der Waals surface area contributed by atoms with Gasteiger partial charge < -0.3 is 14.5 Å². The average molecular weight is 413 g/mol. The zero-order chi connectivity index (χ0) is 20.2. The Balaban J connectivity index is 1.54. The number of methoxy groups -OCH3 is 1. The minimum Gasteiger partial charge on any atom is -0.497 e. The summed E-state index contributed by atoms with van der Waals surface area (Å²) in [6.45, 7) is 2.55. The molecule has 0 bridgehead atoms. The van der Waals surface area contributed by atoms with Gasteiger partial charge in [-0.3, -0.25) is 9.36 Å². The van der Waals surface area contributed by atoms with Crippen LogP contribution in [0.4, 0.5) is 0 Å². The first-order valence-electron chi connectivity index (χ1n) is 9.66. The fourth-order valence-corrected chi connectivity index (χ4v) is 3.96. The zero-order valence-electron chi connectivity index (χ0n) is 16.5. The molecule has 1 amide bonds. The molecule has 2 aromatic heterocycles. The Kier molecular flexibility index (Phi) is 5.89. The smallest absolute Gasteiger partial charge is 0.230 e. The second-order valence-electron chi connectivity index (χ2n) is 7.19. The van der Waals surface area contributed by atoms with Crippen LogP contribution < -0.4 is 10.1 Å². The molecule has 0 radical (unpaired) electrons. The summed E-state index contributed by atoms with van der Waals surface area (Å²) in [5, 5.41) is 12.5. The van der Waals surface area contributed by atoms with Crippen LogP contribution >= 0.6 is 11.8 Å². The predicted octanol–water partition coefficient (Wildman–Crippen LogP) is 3.60. The molecule has 152 valence electrons. The summed E-state index contributed by atoms with van der Waals surface area (Å²) in [5.41, 5.74) is 0.891. The number of furan rings is 1. The number of amides is 1. The number of ether oxygens (including phenoxy) is 1. The molecule has 1 aromatic carbocycles. The van der Waals surface area contributed by atoms with E-state index in [1.54, 1.807) is 13.4 Å². The molecule has 29 heavy (non-hydrogen) atoms. The molecule has 1 saturated carbocycles. The van der Waals surface area contributed by atoms with Crippen molar-refractivity contribution >= 4 is 17.7 Å². The van der Waals surface area contributed by atoms with E-state index in [9.17, 15) is 4.79 Å². The lowest BCUT2D eigenvalue weighted by molar-refractivity contribution is -0.119. The number of benzene rings is 1. The number of hydrogen-bond acceptors (Lipinski definition) is 6. The van der Waals surface area contributed by atoms with Crippen LogP contribution in [0, 0.1) is 5.92 Å². The number of hydrogen-bond donors (Lipinski definition) is 1. The molecule has 2 heterocycles. The van der Waals surface area contributed by atoms with Gasteiger partial charge in [0.25, 0.3) is 0 Å². The van der Waals surface area contributed by atoms with Crippen molar-refractivity contribution in [3.63, 3.8) is 0 Å². The van der Waals surface area contributed by atoms with Gasteiger partial charge in [0, 0.05) is 11.6 Å². The van der Waals surface area contributed by atoms with Crippen molar-refractivity contribution in [3.8, 4) is 17.1 Å². The maximum Gasteiger partial charge on any atom is 0.230 e. The van der Waals surface area contributed by atoms with Crippen LogP contribution in [0.3, 0.4) is 0 Å². The third-order valence-electron chi connectivity index (χ3n) is 4.99. The maximum absolute atomic E-state index is 12.3. The number of carbonyl (C=O) groups excluding carboxylic acids is 1. The highest BCUT2D eigenvalue weighted by Gasteiger charge is 2.29. The normalized spacial score (nSPS) is 14.6. The standard InChI is InChI=1S/C21H24N4O3S/c1-14(15-8-9-15)22-19(26)13-29-21-24-23-20(16-5-3-6-17(11-16)27-2)25(21)12-18-7-4-10-28-18/h3-7,10-11,14-15H,8-9,12-13H2,1-2H3,(H,22,26)/t14-/m0/s1. The van der Waals surface area contributed by atoms with E-state index in [1.165, 1.54) is 24.6 Å². The summed E-state index contributed by atoms with van der Waals surface area (Å²) in [6, 6.07) is 11.7. The van der Waals surface area contributed by atoms with Gasteiger partial charge in [-0.15, -0.1) is 10.2 Å². The summed E-state index contributed by atoms with van der Waals surface area (Å²) < 4.78 is 12.8. The molecule has 0 saturated heterocycles. The summed E-state index contributed by atoms with van der Waals surface area (Å²) in [7, 11) is 1.63. The summed E-state index contributed by atoms with van der Waals surface area (Å²) in [5.74, 6) is 3.19. The predicted molar refractivity (Wildman–Crippen MR) is 111 cm³/mol. The van der Waals surface area contributed by atoms with Gasteiger partial charge >= 0.3 is 0 Å². The Morgan fingerprint density at radius 2 is 2.21 bits per heavy atom. The van der Waals surface area contributed by atoms with E-state index in [0.717, 1.165) is 17.1 Å². The lowest BCUT2D eigenvalue weighted by Gasteiger charge is -2.13. The van der Waals surface area contributed by atoms with Gasteiger partial charge in [0.05, 0.1) is 25.7 Å². The minimum atomic E-state index is 0.0184. The maximum atomic E-state index is 12.3. The molecule has 0 spiro atoms. The van der Waals surface area contributed by atoms with Crippen molar-refractivity contribution in [2.24, 2.45) is 5.92 Å². The Morgan fingerprint density at radius 3 is 2.93 bits per heavy atom. The van der Waals surface area contributed by atoms with Crippen molar-refractivity contribution in [1.82, 2.24) is 20.1 Å². The highest BCUT2D eigenvalue weighted by Crippen LogP contribution is 2.32. The van der Waals surface area contributed by atoms with Crippen molar-refractivity contribution in [2.75, 3.05) is 12.9 Å². The van der Waals surface area contributed by atoms with Gasteiger partial charge in [-0.05, 0) is 49.9 Å². The first-order chi connectivity index (χ1) is 14.1. The number of aromatic nitrogens is 3. The zero-order valence-corrected chi connectivity index (χ0v) is 17.3. The van der Waals surface area contributed by atoms with Crippen LogP contribution in [0.15, 0.2) is 52.2 Å². The largest absolute Gasteiger partial charge is 0.497 e. The van der Waals surface area contributed by atoms with Gasteiger partial charge in [-0.25, -0.2) is 0 Å². The number of carbonyl (C=O) groups is 1. The van der Waals surface area contributed by atoms with E-state index < -0.39 is 0 Å². The second kappa shape index (κ2) is 8.73. The fraction of sp³-hybridized carbons (Fsp3) is 0.381. The molecule has 0 unspecified atom stereocenters. The molecule has 0 aliphatic heterocycles. The molecule has 1 N–H and O–H groups in total. The average Bonchev–Trinajstić information content (AvgIpc) is 3.33. The molecule has 1 atom stereocenters. The van der Waals surface area contributed by atoms with E-state index in [4.69, 9.17) is 9.15 Å². The highest BCUT2D eigenvalue weighted by atomic mass is 32.2. The Morgan fingerprint density at radius 1 is 1.34 bits per heavy atom. The summed E-state index contributed by atoms with van der Waals surface area (Å²) in [6.07, 6.45) is 4.05. The van der Waals surface area contributed by atoms with Crippen LogP contribution in [0.1, 0.15) is 25.5 Å². The molecule has 1 fully saturated rings. The van der Waals surface area contributed by atoms with Crippen LogP contribution in [0.2, 0.25) is 0 Å². The van der Waals surface area contributed by atoms with E-state index in [-0.39, 0.29) is 11.9 Å². The quantitative estimate of drug-likeness (QED) is 0.541. The lowest BCUT2D eigenvalue weighted by Crippen LogP contribution is -2.35. The molecule has 7 nitrogen and oxygen atoms in total. The topological polar surface area (TPSA) is 82.2 Å². The van der Waals surface area contributed by atoms with Crippen LogP contribution in [0.25, 0.3) is 11.4 Å². The first kappa shape index (κ1) is 19.6. The molecule has 4 rings (SSSR count). The van der Waals surface area contributed by atoms with Gasteiger partial charge in [0.1, 0.15) is 11.5 Å². The SMILES string of the molecule is COc1cccc(-c2nnc(SCC(=O)N[C@@H](C)C3CC3)n2Cc2ccco2)c1. The summed E-state index contributed by atoms with van der Waals surface area (Å²) >= 11 is 1.38. The number of nitrogens with one attached hydrogen (secondary N) is 1. The van der Waals surface area contributed by atoms with Crippen LogP contribution in [0.5, 0.6) is 5.75 Å². The van der Waals surface area contributed by atoms with E-state index >= 15 is 0 Å². The molecule has 3 aromatic rings. The van der Waals surface area contributed by atoms with Crippen molar-refractivity contribution in [3.05, 3.63) is 48.4 Å². The number of rotatable bonds is 9. The number of thioether (sulfide) groups is 1. The van der Waals surface area contributed by atoms with Crippen molar-refractivity contribution in [1.29, 1.82) is 0 Å². The fourth-order valence-electron chi connectivity index (χ4n) is 3.21. The molecular formula is C21H24N4O3S. The van der Waals surface area contributed by atoms with Crippen molar-refractivity contribution < 1.29 is 13.9 Å². The van der Waals surface area contributed by atoms with E-state index in [2.05, 4.69) is 22.4 Å². The molecular weight excluding hydrogens is 388 g/mol. The highest BCUT2D eigenvalue weighted by molar-refractivity contribution is 7.99. The first-order valence-corrected chi connectivity index (χ1v) is 10.6. The second-order valence-corrected chi connectivity index (χ2v) is 8.13. The van der Waals surface area contributed by atoms with Crippen molar-refractivity contribution in [2.45, 2.75) is 37.5 Å². The Labute approximate surface area is 173 Å². The van der Waals surface area contributed by atoms with E-state index in [1.807, 2.05) is 41.0 Å². The van der Waals surface area contributed by atoms with Crippen LogP contribution in [-0.2, 0) is 11.3 Å². The monoisotopic (exact) mass is 412 g/mol.